The lowest BCUT2D eigenvalue weighted by atomic mass is 10.2. The van der Waals surface area contributed by atoms with E-state index in [2.05, 4.69) is 22.2 Å². The van der Waals surface area contributed by atoms with Gasteiger partial charge in [-0.2, -0.15) is 5.10 Å². The Morgan fingerprint density at radius 1 is 1.25 bits per heavy atom. The molecule has 1 N–H and O–H groups in total. The molecule has 7 heteroatoms. The minimum absolute atomic E-state index is 0. The maximum absolute atomic E-state index is 6.19. The molecule has 1 aromatic rings. The van der Waals surface area contributed by atoms with Crippen molar-refractivity contribution in [2.45, 2.75) is 39.8 Å². The van der Waals surface area contributed by atoms with Gasteiger partial charge < -0.3 is 5.32 Å². The van der Waals surface area contributed by atoms with Crippen molar-refractivity contribution in [2.24, 2.45) is 0 Å². The maximum atomic E-state index is 6.19. The number of aromatic nitrogens is 2. The second kappa shape index (κ2) is 9.11. The monoisotopic (exact) mass is 342 g/mol. The summed E-state index contributed by atoms with van der Waals surface area (Å²) >= 11 is 6.19. The Kier molecular flexibility index (Phi) is 9.11. The number of halogens is 3. The first-order valence-corrected chi connectivity index (χ1v) is 7.11. The van der Waals surface area contributed by atoms with Crippen LogP contribution in [0.15, 0.2) is 0 Å². The van der Waals surface area contributed by atoms with E-state index in [1.54, 1.807) is 0 Å². The standard InChI is InChI=1S/C13H23ClN4.2ClH/c1-10(17-7-4-5-15-6-8-17)9-18-12(3)13(14)11(2)16-18;;/h10,15H,4-9H2,1-3H3;2*1H. The molecule has 1 aromatic heterocycles. The van der Waals surface area contributed by atoms with Gasteiger partial charge in [0.25, 0.3) is 0 Å². The van der Waals surface area contributed by atoms with Crippen molar-refractivity contribution in [2.75, 3.05) is 26.2 Å². The predicted octanol–water partition coefficient (Wildman–Crippen LogP) is 2.68. The van der Waals surface area contributed by atoms with Gasteiger partial charge in [0.1, 0.15) is 0 Å². The molecule has 2 rings (SSSR count). The number of nitrogens with one attached hydrogen (secondary N) is 1. The molecule has 1 aliphatic heterocycles. The minimum Gasteiger partial charge on any atom is -0.315 e. The van der Waals surface area contributed by atoms with Crippen LogP contribution < -0.4 is 5.32 Å². The molecule has 0 aliphatic carbocycles. The van der Waals surface area contributed by atoms with Gasteiger partial charge in [-0.25, -0.2) is 0 Å². The van der Waals surface area contributed by atoms with Crippen LogP contribution >= 0.6 is 36.4 Å². The Hall–Kier alpha value is -0.000000000000000111. The van der Waals surface area contributed by atoms with Crippen LogP contribution in [0.5, 0.6) is 0 Å². The van der Waals surface area contributed by atoms with Crippen molar-refractivity contribution in [3.63, 3.8) is 0 Å². The third kappa shape index (κ3) is 4.78. The third-order valence-corrected chi connectivity index (χ3v) is 4.28. The highest BCUT2D eigenvalue weighted by Gasteiger charge is 2.18. The zero-order valence-electron chi connectivity index (χ0n) is 12.4. The minimum atomic E-state index is 0. The molecule has 0 aromatic carbocycles. The van der Waals surface area contributed by atoms with Gasteiger partial charge in [-0.15, -0.1) is 24.8 Å². The Morgan fingerprint density at radius 3 is 2.55 bits per heavy atom. The lowest BCUT2D eigenvalue weighted by Gasteiger charge is -2.27. The molecule has 1 aliphatic rings. The predicted molar refractivity (Wildman–Crippen MR) is 89.7 cm³/mol. The maximum Gasteiger partial charge on any atom is 0.0844 e. The van der Waals surface area contributed by atoms with Crippen LogP contribution in [0, 0.1) is 13.8 Å². The van der Waals surface area contributed by atoms with Crippen LogP contribution in [-0.4, -0.2) is 46.9 Å². The second-order valence-electron chi connectivity index (χ2n) is 5.16. The van der Waals surface area contributed by atoms with Gasteiger partial charge in [0.05, 0.1) is 23.0 Å². The second-order valence-corrected chi connectivity index (χ2v) is 5.53. The quantitative estimate of drug-likeness (QED) is 0.916. The fourth-order valence-corrected chi connectivity index (χ4v) is 2.66. The van der Waals surface area contributed by atoms with Crippen LogP contribution in [0.1, 0.15) is 24.7 Å². The van der Waals surface area contributed by atoms with E-state index < -0.39 is 0 Å². The topological polar surface area (TPSA) is 33.1 Å². The summed E-state index contributed by atoms with van der Waals surface area (Å²) in [5.74, 6) is 0. The molecule has 0 radical (unpaired) electrons. The van der Waals surface area contributed by atoms with E-state index in [4.69, 9.17) is 11.6 Å². The molecule has 1 saturated heterocycles. The molecular weight excluding hydrogens is 319 g/mol. The molecule has 118 valence electrons. The van der Waals surface area contributed by atoms with Gasteiger partial charge in [0.2, 0.25) is 0 Å². The average Bonchev–Trinajstić information content (AvgIpc) is 2.59. The third-order valence-electron chi connectivity index (χ3n) is 3.73. The lowest BCUT2D eigenvalue weighted by molar-refractivity contribution is 0.198. The Bertz CT molecular complexity index is 401. The van der Waals surface area contributed by atoms with Gasteiger partial charge in [-0.05, 0) is 40.3 Å². The number of hydrogen-bond acceptors (Lipinski definition) is 3. The van der Waals surface area contributed by atoms with Crippen LogP contribution in [-0.2, 0) is 6.54 Å². The molecular formula is C13H25Cl3N4. The zero-order valence-corrected chi connectivity index (χ0v) is 14.7. The molecule has 0 amide bonds. The SMILES string of the molecule is Cc1nn(CC(C)N2CCCNCC2)c(C)c1Cl.Cl.Cl. The van der Waals surface area contributed by atoms with Crippen molar-refractivity contribution in [1.29, 1.82) is 0 Å². The Morgan fingerprint density at radius 2 is 1.95 bits per heavy atom. The Balaban J connectivity index is 0.00000180. The van der Waals surface area contributed by atoms with Crippen LogP contribution in [0.25, 0.3) is 0 Å². The van der Waals surface area contributed by atoms with Crippen LogP contribution in [0.2, 0.25) is 5.02 Å². The van der Waals surface area contributed by atoms with Gasteiger partial charge in [0.15, 0.2) is 0 Å². The van der Waals surface area contributed by atoms with E-state index in [-0.39, 0.29) is 24.8 Å². The van der Waals surface area contributed by atoms with Gasteiger partial charge in [-0.3, -0.25) is 9.58 Å². The molecule has 0 spiro atoms. The van der Waals surface area contributed by atoms with Crippen molar-refractivity contribution in [3.8, 4) is 0 Å². The van der Waals surface area contributed by atoms with Crippen molar-refractivity contribution in [3.05, 3.63) is 16.4 Å². The highest BCUT2D eigenvalue weighted by molar-refractivity contribution is 6.31. The van der Waals surface area contributed by atoms with Crippen LogP contribution in [0.4, 0.5) is 0 Å². The average molecular weight is 344 g/mol. The van der Waals surface area contributed by atoms with Gasteiger partial charge in [-0.1, -0.05) is 11.6 Å². The highest BCUT2D eigenvalue weighted by atomic mass is 35.5. The number of rotatable bonds is 3. The molecule has 4 nitrogen and oxygen atoms in total. The first kappa shape index (κ1) is 20.0. The van der Waals surface area contributed by atoms with Crippen molar-refractivity contribution < 1.29 is 0 Å². The number of aryl methyl sites for hydroxylation is 1. The zero-order chi connectivity index (χ0) is 13.1. The number of hydrogen-bond donors (Lipinski definition) is 1. The smallest absolute Gasteiger partial charge is 0.0844 e. The van der Waals surface area contributed by atoms with E-state index in [0.29, 0.717) is 6.04 Å². The summed E-state index contributed by atoms with van der Waals surface area (Å²) in [6.45, 7) is 11.7. The Labute approximate surface area is 139 Å². The summed E-state index contributed by atoms with van der Waals surface area (Å²) in [5, 5.41) is 8.75. The van der Waals surface area contributed by atoms with E-state index in [1.807, 2.05) is 18.5 Å². The summed E-state index contributed by atoms with van der Waals surface area (Å²) in [5.41, 5.74) is 2.01. The normalized spacial score (nSPS) is 17.8. The van der Waals surface area contributed by atoms with E-state index in [1.165, 1.54) is 13.0 Å². The summed E-state index contributed by atoms with van der Waals surface area (Å²) in [6.07, 6.45) is 1.22. The molecule has 0 saturated carbocycles. The van der Waals surface area contributed by atoms with Crippen molar-refractivity contribution in [1.82, 2.24) is 20.0 Å². The molecule has 1 unspecified atom stereocenters. The van der Waals surface area contributed by atoms with E-state index >= 15 is 0 Å². The summed E-state index contributed by atoms with van der Waals surface area (Å²) in [4.78, 5) is 2.53. The summed E-state index contributed by atoms with van der Waals surface area (Å²) in [7, 11) is 0. The largest absolute Gasteiger partial charge is 0.315 e. The molecule has 20 heavy (non-hydrogen) atoms. The van der Waals surface area contributed by atoms with Crippen LogP contribution in [0.3, 0.4) is 0 Å². The molecule has 2 heterocycles. The number of nitrogens with zero attached hydrogens (tertiary/aromatic N) is 3. The van der Waals surface area contributed by atoms with E-state index in [0.717, 1.165) is 42.6 Å². The molecule has 0 bridgehead atoms. The van der Waals surface area contributed by atoms with Crippen molar-refractivity contribution >= 4 is 36.4 Å². The lowest BCUT2D eigenvalue weighted by Crippen LogP contribution is -2.39. The fourth-order valence-electron chi connectivity index (χ4n) is 2.53. The summed E-state index contributed by atoms with van der Waals surface area (Å²) < 4.78 is 2.04. The highest BCUT2D eigenvalue weighted by Crippen LogP contribution is 2.19. The first-order valence-electron chi connectivity index (χ1n) is 6.74. The molecule has 1 atom stereocenters. The summed E-state index contributed by atoms with van der Waals surface area (Å²) in [6, 6.07) is 0.499. The van der Waals surface area contributed by atoms with Gasteiger partial charge >= 0.3 is 0 Å². The fraction of sp³-hybridized carbons (Fsp3) is 0.769. The first-order chi connectivity index (χ1) is 8.59. The van der Waals surface area contributed by atoms with Gasteiger partial charge in [0, 0.05) is 19.1 Å². The van der Waals surface area contributed by atoms with E-state index in [9.17, 15) is 0 Å². The molecule has 1 fully saturated rings.